The minimum atomic E-state index is -0.181. The number of benzene rings is 1. The highest BCUT2D eigenvalue weighted by Crippen LogP contribution is 2.40. The fourth-order valence-corrected chi connectivity index (χ4v) is 6.48. The van der Waals surface area contributed by atoms with Crippen molar-refractivity contribution in [2.24, 2.45) is 11.8 Å². The van der Waals surface area contributed by atoms with Gasteiger partial charge in [0.2, 0.25) is 0 Å². The maximum Gasteiger partial charge on any atom is 0.306 e. The molecule has 2 aliphatic rings. The third-order valence-electron chi connectivity index (χ3n) is 7.63. The molecule has 1 N–H and O–H groups in total. The highest BCUT2D eigenvalue weighted by Gasteiger charge is 2.26. The van der Waals surface area contributed by atoms with Gasteiger partial charge in [-0.25, -0.2) is 4.98 Å². The van der Waals surface area contributed by atoms with Crippen molar-refractivity contribution < 1.29 is 19.1 Å². The van der Waals surface area contributed by atoms with Crippen molar-refractivity contribution in [3.63, 3.8) is 0 Å². The van der Waals surface area contributed by atoms with Crippen LogP contribution in [0.25, 0.3) is 10.5 Å². The summed E-state index contributed by atoms with van der Waals surface area (Å²) in [4.78, 5) is 31.0. The molecule has 5 rings (SSSR count). The average Bonchev–Trinajstić information content (AvgIpc) is 3.53. The number of carbonyl (C=O) groups excluding carboxylic acids is 2. The van der Waals surface area contributed by atoms with Crippen molar-refractivity contribution in [3.05, 3.63) is 70.5 Å². The predicted molar refractivity (Wildman–Crippen MR) is 149 cm³/mol. The van der Waals surface area contributed by atoms with Crippen LogP contribution in [0.3, 0.4) is 0 Å². The van der Waals surface area contributed by atoms with Crippen LogP contribution in [0.1, 0.15) is 72.8 Å². The van der Waals surface area contributed by atoms with Crippen molar-refractivity contribution >= 4 is 33.7 Å². The smallest absolute Gasteiger partial charge is 0.306 e. The third kappa shape index (κ3) is 6.18. The molecule has 1 aromatic carbocycles. The molecule has 8 heteroatoms. The Balaban J connectivity index is 1.15. The molecule has 0 saturated heterocycles. The van der Waals surface area contributed by atoms with E-state index in [0.717, 1.165) is 54.8 Å². The first-order valence-electron chi connectivity index (χ1n) is 13.5. The van der Waals surface area contributed by atoms with E-state index >= 15 is 0 Å². The van der Waals surface area contributed by atoms with Gasteiger partial charge in [-0.3, -0.25) is 14.0 Å². The van der Waals surface area contributed by atoms with Crippen LogP contribution in [0.2, 0.25) is 0 Å². The number of ether oxygens (including phenoxy) is 2. The summed E-state index contributed by atoms with van der Waals surface area (Å²) >= 11 is 1.62. The highest BCUT2D eigenvalue weighted by atomic mass is 32.1. The van der Waals surface area contributed by atoms with E-state index in [1.165, 1.54) is 10.5 Å². The Morgan fingerprint density at radius 3 is 2.53 bits per heavy atom. The molecule has 2 heterocycles. The number of fused-ring (bicyclic) bond motifs is 1. The van der Waals surface area contributed by atoms with Crippen LogP contribution in [-0.2, 0) is 16.1 Å². The standard InChI is InChI=1S/C30H35N3O4S/c1-3-37-28(34)16-20-4-8-22(9-5-20)23-10-12-24(13-11-23)27-19-33-18-26(32-30(33)38-27)29(35)31-17-21-6-14-25(36-2)15-7-21/h6-7,10,12,14-15,18-20,22H,3-5,8-9,11,13,16-17H2,1-2H3,(H,31,35). The SMILES string of the molecule is CCOC(=O)CC1CCC(C2=CC=C(c3cn4cc(C(=O)NCc5ccc(OC)cc5)nc4s3)CC2)CC1. The van der Waals surface area contributed by atoms with Gasteiger partial charge in [-0.15, -0.1) is 0 Å². The number of hydrogen-bond donors (Lipinski definition) is 1. The molecule has 3 aromatic rings. The molecule has 38 heavy (non-hydrogen) atoms. The van der Waals surface area contributed by atoms with E-state index in [1.807, 2.05) is 35.6 Å². The van der Waals surface area contributed by atoms with E-state index in [9.17, 15) is 9.59 Å². The molecule has 0 unspecified atom stereocenters. The van der Waals surface area contributed by atoms with Gasteiger partial charge in [0.15, 0.2) is 4.96 Å². The van der Waals surface area contributed by atoms with Gasteiger partial charge in [-0.2, -0.15) is 0 Å². The minimum Gasteiger partial charge on any atom is -0.497 e. The number of esters is 1. The summed E-state index contributed by atoms with van der Waals surface area (Å²) in [5.41, 5.74) is 4.30. The summed E-state index contributed by atoms with van der Waals surface area (Å²) in [5, 5.41) is 2.94. The number of nitrogens with one attached hydrogen (secondary N) is 1. The van der Waals surface area contributed by atoms with Crippen molar-refractivity contribution in [1.29, 1.82) is 0 Å². The Bertz CT molecular complexity index is 1310. The Kier molecular flexibility index (Phi) is 8.27. The van der Waals surface area contributed by atoms with Crippen molar-refractivity contribution in [1.82, 2.24) is 14.7 Å². The van der Waals surface area contributed by atoms with Gasteiger partial charge >= 0.3 is 5.97 Å². The number of thiazole rings is 1. The molecule has 200 valence electrons. The highest BCUT2D eigenvalue weighted by molar-refractivity contribution is 7.18. The molecular weight excluding hydrogens is 498 g/mol. The number of nitrogens with zero attached hydrogens (tertiary/aromatic N) is 2. The van der Waals surface area contributed by atoms with Gasteiger partial charge in [-0.05, 0) is 80.6 Å². The summed E-state index contributed by atoms with van der Waals surface area (Å²) in [5.74, 6) is 1.66. The predicted octanol–water partition coefficient (Wildman–Crippen LogP) is 6.20. The molecular formula is C30H35N3O4S. The summed E-state index contributed by atoms with van der Waals surface area (Å²) in [6, 6.07) is 7.64. The second-order valence-corrected chi connectivity index (χ2v) is 11.1. The number of carbonyl (C=O) groups is 2. The fraction of sp³-hybridized carbons (Fsp3) is 0.433. The molecule has 0 atom stereocenters. The van der Waals surface area contributed by atoms with Crippen LogP contribution in [0, 0.1) is 11.8 Å². The molecule has 0 spiro atoms. The Morgan fingerprint density at radius 2 is 1.87 bits per heavy atom. The maximum absolute atomic E-state index is 12.6. The molecule has 1 saturated carbocycles. The lowest BCUT2D eigenvalue weighted by atomic mass is 9.75. The number of amides is 1. The van der Waals surface area contributed by atoms with Crippen molar-refractivity contribution in [2.75, 3.05) is 13.7 Å². The Hall–Kier alpha value is -3.39. The molecule has 0 aliphatic heterocycles. The number of imidazole rings is 1. The first-order valence-corrected chi connectivity index (χ1v) is 14.3. The van der Waals surface area contributed by atoms with Gasteiger partial charge in [0.05, 0.1) is 18.6 Å². The van der Waals surface area contributed by atoms with Crippen LogP contribution < -0.4 is 10.1 Å². The van der Waals surface area contributed by atoms with Crippen LogP contribution in [0.5, 0.6) is 5.75 Å². The normalized spacial score (nSPS) is 19.5. The van der Waals surface area contributed by atoms with Crippen molar-refractivity contribution in [2.45, 2.75) is 58.4 Å². The number of allylic oxidation sites excluding steroid dienone is 4. The molecule has 7 nitrogen and oxygen atoms in total. The second-order valence-electron chi connectivity index (χ2n) is 10.1. The van der Waals surface area contributed by atoms with E-state index < -0.39 is 0 Å². The lowest BCUT2D eigenvalue weighted by molar-refractivity contribution is -0.144. The summed E-state index contributed by atoms with van der Waals surface area (Å²) in [6.07, 6.45) is 15.7. The number of methoxy groups -OCH3 is 1. The lowest BCUT2D eigenvalue weighted by Gasteiger charge is -2.31. The van der Waals surface area contributed by atoms with Gasteiger partial charge in [-0.1, -0.05) is 41.2 Å². The van der Waals surface area contributed by atoms with E-state index in [0.29, 0.717) is 37.1 Å². The van der Waals surface area contributed by atoms with Gasteiger partial charge in [0.1, 0.15) is 11.4 Å². The number of aromatic nitrogens is 2. The van der Waals surface area contributed by atoms with Gasteiger partial charge in [0, 0.05) is 25.4 Å². The Morgan fingerprint density at radius 1 is 1.08 bits per heavy atom. The first-order chi connectivity index (χ1) is 18.5. The third-order valence-corrected chi connectivity index (χ3v) is 8.70. The van der Waals surface area contributed by atoms with E-state index in [2.05, 4.69) is 28.6 Å². The lowest BCUT2D eigenvalue weighted by Crippen LogP contribution is -2.23. The molecule has 2 aromatic heterocycles. The van der Waals surface area contributed by atoms with Crippen LogP contribution >= 0.6 is 11.3 Å². The Labute approximate surface area is 227 Å². The summed E-state index contributed by atoms with van der Waals surface area (Å²) in [6.45, 7) is 2.77. The van der Waals surface area contributed by atoms with Gasteiger partial charge < -0.3 is 14.8 Å². The molecule has 0 bridgehead atoms. The zero-order valence-corrected chi connectivity index (χ0v) is 22.9. The average molecular weight is 534 g/mol. The van der Waals surface area contributed by atoms with Crippen LogP contribution in [0.4, 0.5) is 0 Å². The molecule has 1 fully saturated rings. The maximum atomic E-state index is 12.6. The van der Waals surface area contributed by atoms with Crippen molar-refractivity contribution in [3.8, 4) is 5.75 Å². The monoisotopic (exact) mass is 533 g/mol. The summed E-state index contributed by atoms with van der Waals surface area (Å²) in [7, 11) is 1.63. The van der Waals surface area contributed by atoms with Gasteiger partial charge in [0.25, 0.3) is 5.91 Å². The van der Waals surface area contributed by atoms with Crippen LogP contribution in [-0.4, -0.2) is 35.0 Å². The van der Waals surface area contributed by atoms with E-state index in [4.69, 9.17) is 9.47 Å². The number of rotatable bonds is 9. The van der Waals surface area contributed by atoms with Crippen LogP contribution in [0.15, 0.2) is 54.4 Å². The quantitative estimate of drug-likeness (QED) is 0.331. The largest absolute Gasteiger partial charge is 0.497 e. The zero-order valence-electron chi connectivity index (χ0n) is 22.1. The second kappa shape index (κ2) is 12.0. The van der Waals surface area contributed by atoms with E-state index in [1.54, 1.807) is 30.2 Å². The minimum absolute atomic E-state index is 0.0518. The molecule has 1 amide bonds. The fourth-order valence-electron chi connectivity index (χ4n) is 5.46. The summed E-state index contributed by atoms with van der Waals surface area (Å²) < 4.78 is 12.3. The topological polar surface area (TPSA) is 81.9 Å². The number of hydrogen-bond acceptors (Lipinski definition) is 6. The first kappa shape index (κ1) is 26.2. The zero-order chi connectivity index (χ0) is 26.5. The van der Waals surface area contributed by atoms with E-state index in [-0.39, 0.29) is 11.9 Å². The molecule has 0 radical (unpaired) electrons. The molecule has 2 aliphatic carbocycles.